The molecular formula is C14H19F3N4O2S. The molecular weight excluding hydrogens is 345 g/mol. The van der Waals surface area contributed by atoms with Crippen molar-refractivity contribution < 1.29 is 21.6 Å². The Bertz CT molecular complexity index is 698. The minimum Gasteiger partial charge on any atom is -0.341 e. The summed E-state index contributed by atoms with van der Waals surface area (Å²) in [6.07, 6.45) is -0.896. The van der Waals surface area contributed by atoms with Gasteiger partial charge in [0, 0.05) is 32.4 Å². The van der Waals surface area contributed by atoms with E-state index in [1.165, 1.54) is 4.31 Å². The first-order valence-electron chi connectivity index (χ1n) is 7.81. The van der Waals surface area contributed by atoms with Crippen LogP contribution in [0.3, 0.4) is 0 Å². The van der Waals surface area contributed by atoms with Crippen LogP contribution in [0.5, 0.6) is 0 Å². The van der Waals surface area contributed by atoms with Gasteiger partial charge in [-0.15, -0.1) is 0 Å². The molecule has 2 aliphatic rings. The fourth-order valence-corrected chi connectivity index (χ4v) is 4.73. The SMILES string of the molecule is CN(C1CCN(c2nccc(C(F)(F)F)n2)CC1)S(=O)(=O)C1CC1. The van der Waals surface area contributed by atoms with Gasteiger partial charge < -0.3 is 4.90 Å². The predicted octanol–water partition coefficient (Wildman–Crippen LogP) is 1.89. The lowest BCUT2D eigenvalue weighted by Crippen LogP contribution is -2.47. The van der Waals surface area contributed by atoms with E-state index in [-0.39, 0.29) is 17.2 Å². The summed E-state index contributed by atoms with van der Waals surface area (Å²) < 4.78 is 64.2. The number of piperidine rings is 1. The van der Waals surface area contributed by atoms with Crippen molar-refractivity contribution in [1.29, 1.82) is 0 Å². The van der Waals surface area contributed by atoms with E-state index in [4.69, 9.17) is 0 Å². The topological polar surface area (TPSA) is 66.4 Å². The van der Waals surface area contributed by atoms with Gasteiger partial charge >= 0.3 is 6.18 Å². The summed E-state index contributed by atoms with van der Waals surface area (Å²) in [5.74, 6) is 0.0379. The summed E-state index contributed by atoms with van der Waals surface area (Å²) in [4.78, 5) is 9.17. The van der Waals surface area contributed by atoms with Crippen molar-refractivity contribution in [3.63, 3.8) is 0 Å². The van der Waals surface area contributed by atoms with Crippen LogP contribution in [0.25, 0.3) is 0 Å². The van der Waals surface area contributed by atoms with Gasteiger partial charge in [0.2, 0.25) is 16.0 Å². The van der Waals surface area contributed by atoms with E-state index in [0.717, 1.165) is 12.3 Å². The number of hydrogen-bond acceptors (Lipinski definition) is 5. The van der Waals surface area contributed by atoms with Crippen molar-refractivity contribution in [2.24, 2.45) is 0 Å². The normalized spacial score (nSPS) is 20.6. The molecule has 6 nitrogen and oxygen atoms in total. The van der Waals surface area contributed by atoms with Crippen LogP contribution in [0.1, 0.15) is 31.4 Å². The highest BCUT2D eigenvalue weighted by Crippen LogP contribution is 2.33. The molecule has 0 spiro atoms. The Kier molecular flexibility index (Phi) is 4.45. The molecule has 0 atom stereocenters. The Balaban J connectivity index is 1.65. The molecule has 0 aromatic carbocycles. The minimum atomic E-state index is -4.51. The molecule has 2 fully saturated rings. The van der Waals surface area contributed by atoms with Crippen LogP contribution in [-0.4, -0.2) is 54.1 Å². The molecule has 0 N–H and O–H groups in total. The molecule has 1 saturated heterocycles. The monoisotopic (exact) mass is 364 g/mol. The largest absolute Gasteiger partial charge is 0.433 e. The molecule has 2 heterocycles. The number of aromatic nitrogens is 2. The van der Waals surface area contributed by atoms with Crippen LogP contribution in [-0.2, 0) is 16.2 Å². The number of anilines is 1. The van der Waals surface area contributed by atoms with Crippen LogP contribution in [0.15, 0.2) is 12.3 Å². The maximum atomic E-state index is 12.7. The summed E-state index contributed by atoms with van der Waals surface area (Å²) in [6.45, 7) is 0.854. The van der Waals surface area contributed by atoms with E-state index >= 15 is 0 Å². The van der Waals surface area contributed by atoms with Gasteiger partial charge in [-0.25, -0.2) is 22.7 Å². The second-order valence-electron chi connectivity index (χ2n) is 6.22. The lowest BCUT2D eigenvalue weighted by Gasteiger charge is -2.36. The fourth-order valence-electron chi connectivity index (χ4n) is 2.90. The smallest absolute Gasteiger partial charge is 0.341 e. The van der Waals surface area contributed by atoms with Gasteiger partial charge in [-0.3, -0.25) is 0 Å². The average molecular weight is 364 g/mol. The molecule has 1 aliphatic carbocycles. The van der Waals surface area contributed by atoms with Gasteiger partial charge in [-0.2, -0.15) is 13.2 Å². The molecule has 3 rings (SSSR count). The van der Waals surface area contributed by atoms with Crippen molar-refractivity contribution in [3.8, 4) is 0 Å². The van der Waals surface area contributed by atoms with E-state index < -0.39 is 21.9 Å². The Morgan fingerprint density at radius 2 is 1.83 bits per heavy atom. The molecule has 0 amide bonds. The summed E-state index contributed by atoms with van der Waals surface area (Å²) >= 11 is 0. The zero-order chi connectivity index (χ0) is 17.5. The number of rotatable bonds is 4. The van der Waals surface area contributed by atoms with E-state index in [2.05, 4.69) is 9.97 Å². The average Bonchev–Trinajstić information content (AvgIpc) is 3.39. The van der Waals surface area contributed by atoms with Crippen molar-refractivity contribution in [3.05, 3.63) is 18.0 Å². The Morgan fingerprint density at radius 3 is 2.38 bits per heavy atom. The van der Waals surface area contributed by atoms with Crippen molar-refractivity contribution in [1.82, 2.24) is 14.3 Å². The molecule has 1 aromatic rings. The van der Waals surface area contributed by atoms with Gasteiger partial charge in [0.1, 0.15) is 5.69 Å². The molecule has 1 aliphatic heterocycles. The van der Waals surface area contributed by atoms with Gasteiger partial charge in [0.05, 0.1) is 5.25 Å². The highest BCUT2D eigenvalue weighted by Gasteiger charge is 2.41. The first kappa shape index (κ1) is 17.4. The van der Waals surface area contributed by atoms with E-state index in [1.54, 1.807) is 11.9 Å². The minimum absolute atomic E-state index is 0.0379. The van der Waals surface area contributed by atoms with E-state index in [0.29, 0.717) is 38.8 Å². The standard InChI is InChI=1S/C14H19F3N4O2S/c1-20(24(22,23)11-2-3-11)10-5-8-21(9-6-10)13-18-7-4-12(19-13)14(15,16)17/h4,7,10-11H,2-3,5-6,8-9H2,1H3. The lowest BCUT2D eigenvalue weighted by atomic mass is 10.1. The summed E-state index contributed by atoms with van der Waals surface area (Å²) in [7, 11) is -1.65. The Hall–Kier alpha value is -1.42. The summed E-state index contributed by atoms with van der Waals surface area (Å²) in [5.41, 5.74) is -0.969. The second-order valence-corrected chi connectivity index (χ2v) is 8.49. The van der Waals surface area contributed by atoms with Crippen LogP contribution in [0.4, 0.5) is 19.1 Å². The molecule has 0 bridgehead atoms. The Morgan fingerprint density at radius 1 is 1.21 bits per heavy atom. The third-order valence-electron chi connectivity index (χ3n) is 4.54. The summed E-state index contributed by atoms with van der Waals surface area (Å²) in [5, 5.41) is -0.257. The van der Waals surface area contributed by atoms with E-state index in [9.17, 15) is 21.6 Å². The predicted molar refractivity (Wildman–Crippen MR) is 82.0 cm³/mol. The molecule has 0 unspecified atom stereocenters. The van der Waals surface area contributed by atoms with Gasteiger partial charge in [-0.05, 0) is 31.7 Å². The third kappa shape index (κ3) is 3.49. The van der Waals surface area contributed by atoms with Crippen LogP contribution >= 0.6 is 0 Å². The molecule has 134 valence electrons. The van der Waals surface area contributed by atoms with Gasteiger partial charge in [0.15, 0.2) is 0 Å². The van der Waals surface area contributed by atoms with Crippen LogP contribution in [0.2, 0.25) is 0 Å². The second kappa shape index (κ2) is 6.14. The van der Waals surface area contributed by atoms with Crippen molar-refractivity contribution in [2.75, 3.05) is 25.0 Å². The highest BCUT2D eigenvalue weighted by atomic mass is 32.2. The molecule has 24 heavy (non-hydrogen) atoms. The number of sulfonamides is 1. The number of halogens is 3. The lowest BCUT2D eigenvalue weighted by molar-refractivity contribution is -0.141. The molecule has 10 heteroatoms. The zero-order valence-corrected chi connectivity index (χ0v) is 14.0. The van der Waals surface area contributed by atoms with Crippen molar-refractivity contribution >= 4 is 16.0 Å². The van der Waals surface area contributed by atoms with Gasteiger partial charge in [-0.1, -0.05) is 0 Å². The van der Waals surface area contributed by atoms with Crippen LogP contribution < -0.4 is 4.90 Å². The molecule has 1 aromatic heterocycles. The van der Waals surface area contributed by atoms with E-state index in [1.807, 2.05) is 0 Å². The number of alkyl halides is 3. The molecule has 1 saturated carbocycles. The first-order chi connectivity index (χ1) is 11.2. The molecule has 0 radical (unpaired) electrons. The third-order valence-corrected chi connectivity index (χ3v) is 6.96. The quantitative estimate of drug-likeness (QED) is 0.816. The highest BCUT2D eigenvalue weighted by molar-refractivity contribution is 7.90. The summed E-state index contributed by atoms with van der Waals surface area (Å²) in [6, 6.07) is 0.712. The number of nitrogens with zero attached hydrogens (tertiary/aromatic N) is 4. The van der Waals surface area contributed by atoms with Crippen LogP contribution in [0, 0.1) is 0 Å². The van der Waals surface area contributed by atoms with Crippen molar-refractivity contribution in [2.45, 2.75) is 43.2 Å². The fraction of sp³-hybridized carbons (Fsp3) is 0.714. The van der Waals surface area contributed by atoms with Gasteiger partial charge in [0.25, 0.3) is 0 Å². The zero-order valence-electron chi connectivity index (χ0n) is 13.2. The maximum absolute atomic E-state index is 12.7. The first-order valence-corrected chi connectivity index (χ1v) is 9.32. The Labute approximate surface area is 138 Å². The number of hydrogen-bond donors (Lipinski definition) is 0. The maximum Gasteiger partial charge on any atom is 0.433 e.